The second-order valence-corrected chi connectivity index (χ2v) is 6.06. The monoisotopic (exact) mass is 332 g/mol. The summed E-state index contributed by atoms with van der Waals surface area (Å²) >= 11 is 0. The van der Waals surface area contributed by atoms with Gasteiger partial charge in [-0.15, -0.1) is 0 Å². The summed E-state index contributed by atoms with van der Waals surface area (Å²) in [6, 6.07) is 1.76. The van der Waals surface area contributed by atoms with E-state index >= 15 is 0 Å². The van der Waals surface area contributed by atoms with Gasteiger partial charge in [-0.3, -0.25) is 14.3 Å². The number of aromatic nitrogens is 3. The van der Waals surface area contributed by atoms with Crippen LogP contribution in [0, 0.1) is 13.8 Å². The maximum atomic E-state index is 13.0. The van der Waals surface area contributed by atoms with Crippen LogP contribution in [-0.4, -0.2) is 62.4 Å². The molecule has 3 rings (SSSR count). The Morgan fingerprint density at radius 2 is 2.17 bits per heavy atom. The summed E-state index contributed by atoms with van der Waals surface area (Å²) in [6.45, 7) is 4.74. The van der Waals surface area contributed by atoms with Crippen LogP contribution in [0.2, 0.25) is 0 Å². The van der Waals surface area contributed by atoms with Gasteiger partial charge in [0, 0.05) is 25.8 Å². The molecule has 0 aliphatic carbocycles. The second-order valence-electron chi connectivity index (χ2n) is 6.06. The van der Waals surface area contributed by atoms with Crippen molar-refractivity contribution in [2.24, 2.45) is 7.05 Å². The molecule has 0 radical (unpaired) electrons. The average Bonchev–Trinajstić information content (AvgIpc) is 2.80. The van der Waals surface area contributed by atoms with Gasteiger partial charge in [0.1, 0.15) is 0 Å². The van der Waals surface area contributed by atoms with Gasteiger partial charge < -0.3 is 14.7 Å². The lowest BCUT2D eigenvalue weighted by molar-refractivity contribution is -0.141. The van der Waals surface area contributed by atoms with Crippen LogP contribution < -0.4 is 0 Å². The van der Waals surface area contributed by atoms with E-state index in [1.807, 2.05) is 13.8 Å². The van der Waals surface area contributed by atoms with Crippen molar-refractivity contribution >= 4 is 22.9 Å². The van der Waals surface area contributed by atoms with Crippen LogP contribution in [0.3, 0.4) is 0 Å². The molecule has 1 unspecified atom stereocenters. The zero-order valence-electron chi connectivity index (χ0n) is 13.9. The summed E-state index contributed by atoms with van der Waals surface area (Å²) < 4.78 is 7.11. The Bertz CT molecular complexity index is 814. The third-order valence-electron chi connectivity index (χ3n) is 4.16. The molecular formula is C16H20N4O4. The summed E-state index contributed by atoms with van der Waals surface area (Å²) in [4.78, 5) is 30.0. The number of carboxylic acid groups (broad SMARTS) is 1. The number of morpholine rings is 1. The summed E-state index contributed by atoms with van der Waals surface area (Å²) in [6.07, 6.45) is -0.589. The molecule has 0 spiro atoms. The first kappa shape index (κ1) is 16.4. The first-order valence-corrected chi connectivity index (χ1v) is 7.80. The maximum absolute atomic E-state index is 13.0. The Kier molecular flexibility index (Phi) is 4.23. The number of amides is 1. The summed E-state index contributed by atoms with van der Waals surface area (Å²) in [5.74, 6) is -1.07. The van der Waals surface area contributed by atoms with E-state index in [-0.39, 0.29) is 18.9 Å². The van der Waals surface area contributed by atoms with E-state index in [0.717, 1.165) is 16.8 Å². The molecule has 8 heteroatoms. The highest BCUT2D eigenvalue weighted by Gasteiger charge is 2.28. The molecule has 1 amide bonds. The minimum atomic E-state index is -0.931. The van der Waals surface area contributed by atoms with Crippen LogP contribution >= 0.6 is 0 Å². The van der Waals surface area contributed by atoms with E-state index in [1.54, 1.807) is 22.7 Å². The molecule has 1 saturated heterocycles. The van der Waals surface area contributed by atoms with Crippen molar-refractivity contribution in [1.82, 2.24) is 19.7 Å². The Labute approximate surface area is 139 Å². The Morgan fingerprint density at radius 1 is 1.42 bits per heavy atom. The maximum Gasteiger partial charge on any atom is 0.306 e. The fourth-order valence-electron chi connectivity index (χ4n) is 3.13. The number of ether oxygens (including phenoxy) is 1. The molecule has 1 aliphatic rings. The molecule has 0 aromatic carbocycles. The van der Waals surface area contributed by atoms with Gasteiger partial charge in [-0.25, -0.2) is 4.98 Å². The summed E-state index contributed by atoms with van der Waals surface area (Å²) in [7, 11) is 1.80. The minimum Gasteiger partial charge on any atom is -0.481 e. The third kappa shape index (κ3) is 2.96. The number of hydrogen-bond donors (Lipinski definition) is 1. The number of aryl methyl sites for hydroxylation is 3. The SMILES string of the molecule is Cc1cc(C(=O)N2CCOC(CC(=O)O)C2)c2c(C)nn(C)c2n1. The van der Waals surface area contributed by atoms with Gasteiger partial charge >= 0.3 is 5.97 Å². The lowest BCUT2D eigenvalue weighted by atomic mass is 10.1. The van der Waals surface area contributed by atoms with Crippen molar-refractivity contribution in [1.29, 1.82) is 0 Å². The number of rotatable bonds is 3. The molecule has 3 heterocycles. The number of nitrogens with zero attached hydrogens (tertiary/aromatic N) is 4. The predicted molar refractivity (Wildman–Crippen MR) is 85.9 cm³/mol. The van der Waals surface area contributed by atoms with Crippen LogP contribution in [-0.2, 0) is 16.6 Å². The van der Waals surface area contributed by atoms with E-state index in [9.17, 15) is 9.59 Å². The summed E-state index contributed by atoms with van der Waals surface area (Å²) in [5.41, 5.74) is 2.72. The lowest BCUT2D eigenvalue weighted by Crippen LogP contribution is -2.46. The average molecular weight is 332 g/mol. The van der Waals surface area contributed by atoms with Crippen LogP contribution in [0.4, 0.5) is 0 Å². The van der Waals surface area contributed by atoms with E-state index in [1.165, 1.54) is 0 Å². The van der Waals surface area contributed by atoms with Gasteiger partial charge in [0.05, 0.1) is 35.8 Å². The molecular weight excluding hydrogens is 312 g/mol. The smallest absolute Gasteiger partial charge is 0.306 e. The fourth-order valence-corrected chi connectivity index (χ4v) is 3.13. The zero-order valence-corrected chi connectivity index (χ0v) is 13.9. The highest BCUT2D eigenvalue weighted by Crippen LogP contribution is 2.24. The predicted octanol–water partition coefficient (Wildman–Crippen LogP) is 0.901. The molecule has 128 valence electrons. The topological polar surface area (TPSA) is 97.5 Å². The molecule has 1 atom stereocenters. The quantitative estimate of drug-likeness (QED) is 0.897. The van der Waals surface area contributed by atoms with Crippen molar-refractivity contribution in [2.75, 3.05) is 19.7 Å². The Balaban J connectivity index is 1.95. The van der Waals surface area contributed by atoms with Crippen LogP contribution in [0.25, 0.3) is 11.0 Å². The van der Waals surface area contributed by atoms with Gasteiger partial charge in [0.25, 0.3) is 5.91 Å². The molecule has 0 saturated carbocycles. The Morgan fingerprint density at radius 3 is 2.88 bits per heavy atom. The van der Waals surface area contributed by atoms with E-state index in [0.29, 0.717) is 24.4 Å². The number of pyridine rings is 1. The first-order chi connectivity index (χ1) is 11.4. The number of fused-ring (bicyclic) bond motifs is 1. The van der Waals surface area contributed by atoms with Gasteiger partial charge in [-0.2, -0.15) is 5.10 Å². The third-order valence-corrected chi connectivity index (χ3v) is 4.16. The van der Waals surface area contributed by atoms with Gasteiger partial charge in [0.15, 0.2) is 5.65 Å². The van der Waals surface area contributed by atoms with E-state index < -0.39 is 12.1 Å². The van der Waals surface area contributed by atoms with Crippen molar-refractivity contribution in [2.45, 2.75) is 26.4 Å². The molecule has 24 heavy (non-hydrogen) atoms. The van der Waals surface area contributed by atoms with E-state index in [4.69, 9.17) is 9.84 Å². The Hall–Kier alpha value is -2.48. The highest BCUT2D eigenvalue weighted by atomic mass is 16.5. The molecule has 2 aromatic rings. The largest absolute Gasteiger partial charge is 0.481 e. The number of carboxylic acids is 1. The van der Waals surface area contributed by atoms with Gasteiger partial charge in [0.2, 0.25) is 0 Å². The van der Waals surface area contributed by atoms with Crippen molar-refractivity contribution in [3.8, 4) is 0 Å². The van der Waals surface area contributed by atoms with Crippen molar-refractivity contribution in [3.63, 3.8) is 0 Å². The zero-order chi connectivity index (χ0) is 17.4. The number of carbonyl (C=O) groups is 2. The molecule has 2 aromatic heterocycles. The summed E-state index contributed by atoms with van der Waals surface area (Å²) in [5, 5.41) is 14.0. The van der Waals surface area contributed by atoms with Crippen LogP contribution in [0.5, 0.6) is 0 Å². The number of hydrogen-bond acceptors (Lipinski definition) is 5. The number of carbonyl (C=O) groups excluding carboxylic acids is 1. The van der Waals surface area contributed by atoms with Crippen molar-refractivity contribution < 1.29 is 19.4 Å². The van der Waals surface area contributed by atoms with E-state index in [2.05, 4.69) is 10.1 Å². The molecule has 8 nitrogen and oxygen atoms in total. The normalized spacial score (nSPS) is 18.1. The van der Waals surface area contributed by atoms with Crippen molar-refractivity contribution in [3.05, 3.63) is 23.0 Å². The highest BCUT2D eigenvalue weighted by molar-refractivity contribution is 6.06. The number of aliphatic carboxylic acids is 1. The standard InChI is InChI=1S/C16H20N4O4/c1-9-6-12(14-10(2)18-19(3)15(14)17-9)16(23)20-4-5-24-11(8-20)7-13(21)22/h6,11H,4-5,7-8H2,1-3H3,(H,21,22). The molecule has 0 bridgehead atoms. The van der Waals surface area contributed by atoms with Gasteiger partial charge in [-0.1, -0.05) is 0 Å². The second kappa shape index (κ2) is 6.20. The fraction of sp³-hybridized carbons (Fsp3) is 0.500. The first-order valence-electron chi connectivity index (χ1n) is 7.80. The van der Waals surface area contributed by atoms with Crippen LogP contribution in [0.1, 0.15) is 28.2 Å². The molecule has 1 aliphatic heterocycles. The lowest BCUT2D eigenvalue weighted by Gasteiger charge is -2.32. The minimum absolute atomic E-state index is 0.111. The molecule has 1 N–H and O–H groups in total. The van der Waals surface area contributed by atoms with Gasteiger partial charge in [-0.05, 0) is 19.9 Å². The molecule has 1 fully saturated rings. The van der Waals surface area contributed by atoms with Crippen LogP contribution in [0.15, 0.2) is 6.07 Å².